The van der Waals surface area contributed by atoms with Gasteiger partial charge in [-0.1, -0.05) is 18.9 Å². The van der Waals surface area contributed by atoms with Gasteiger partial charge >= 0.3 is 6.18 Å². The zero-order valence-corrected chi connectivity index (χ0v) is 14.8. The van der Waals surface area contributed by atoms with Crippen molar-refractivity contribution in [2.75, 3.05) is 24.4 Å². The molecule has 1 aliphatic heterocycles. The van der Waals surface area contributed by atoms with E-state index in [9.17, 15) is 21.6 Å². The van der Waals surface area contributed by atoms with Crippen LogP contribution < -0.4 is 5.01 Å². The highest BCUT2D eigenvalue weighted by Crippen LogP contribution is 2.38. The summed E-state index contributed by atoms with van der Waals surface area (Å²) in [5, 5.41) is 2.80. The molecule has 4 nitrogen and oxygen atoms in total. The molecule has 2 aliphatic rings. The van der Waals surface area contributed by atoms with Gasteiger partial charge in [-0.2, -0.15) is 13.2 Å². The van der Waals surface area contributed by atoms with Gasteiger partial charge in [-0.3, -0.25) is 5.01 Å². The van der Waals surface area contributed by atoms with Crippen LogP contribution in [-0.2, 0) is 9.84 Å². The van der Waals surface area contributed by atoms with Gasteiger partial charge in [0.2, 0.25) is 0 Å². The van der Waals surface area contributed by atoms with E-state index in [2.05, 4.69) is 0 Å². The van der Waals surface area contributed by atoms with Crippen LogP contribution >= 0.6 is 0 Å². The summed E-state index contributed by atoms with van der Waals surface area (Å²) in [5.74, 6) is 0.376. The monoisotopic (exact) mass is 374 g/mol. The van der Waals surface area contributed by atoms with E-state index in [0.29, 0.717) is 12.5 Å². The molecule has 0 amide bonds. The van der Waals surface area contributed by atoms with Gasteiger partial charge in [-0.05, 0) is 43.0 Å². The van der Waals surface area contributed by atoms with Crippen LogP contribution in [0.5, 0.6) is 0 Å². The van der Waals surface area contributed by atoms with Crippen molar-refractivity contribution in [1.82, 2.24) is 5.01 Å². The van der Waals surface area contributed by atoms with Crippen molar-refractivity contribution in [3.63, 3.8) is 0 Å². The Morgan fingerprint density at radius 2 is 1.88 bits per heavy atom. The molecule has 1 fully saturated rings. The molecule has 8 heteroatoms. The van der Waals surface area contributed by atoms with E-state index < -0.39 is 21.7 Å². The van der Waals surface area contributed by atoms with Crippen LogP contribution in [0.1, 0.15) is 25.7 Å². The van der Waals surface area contributed by atoms with Gasteiger partial charge in [0.25, 0.3) is 0 Å². The lowest BCUT2D eigenvalue weighted by atomic mass is 10.1. The second-order valence-electron chi connectivity index (χ2n) is 6.69. The minimum Gasteiger partial charge on any atom is -0.269 e. The number of sulfone groups is 1. The molecule has 0 bridgehead atoms. The quantitative estimate of drug-likeness (QED) is 0.805. The summed E-state index contributed by atoms with van der Waals surface area (Å²) in [7, 11) is -3.49. The number of rotatable bonds is 4. The molecule has 1 aliphatic carbocycles. The summed E-state index contributed by atoms with van der Waals surface area (Å²) in [4.78, 5) is 0.0132. The Bertz CT molecular complexity index is 768. The van der Waals surface area contributed by atoms with E-state index in [1.165, 1.54) is 30.3 Å². The highest BCUT2D eigenvalue weighted by atomic mass is 32.2. The number of hydrogen-bond donors (Lipinski definition) is 0. The Labute approximate surface area is 145 Å². The molecular formula is C17H21F3N2O2S. The summed E-state index contributed by atoms with van der Waals surface area (Å²) < 4.78 is 63.9. The van der Waals surface area contributed by atoms with Crippen LogP contribution in [-0.4, -0.2) is 38.9 Å². The van der Waals surface area contributed by atoms with E-state index in [-0.39, 0.29) is 17.1 Å². The lowest BCUT2D eigenvalue weighted by Crippen LogP contribution is -2.43. The number of benzene rings is 1. The van der Waals surface area contributed by atoms with Crippen molar-refractivity contribution in [2.45, 2.75) is 36.8 Å². The topological polar surface area (TPSA) is 40.6 Å². The summed E-state index contributed by atoms with van der Waals surface area (Å²) in [6, 6.07) is 5.70. The van der Waals surface area contributed by atoms with Gasteiger partial charge in [0.15, 0.2) is 9.84 Å². The third-order valence-corrected chi connectivity index (χ3v) is 5.84. The fraction of sp³-hybridized carbons (Fsp3) is 0.529. The summed E-state index contributed by atoms with van der Waals surface area (Å²) in [6.45, 7) is 0.716. The maximum atomic E-state index is 13.5. The first-order chi connectivity index (χ1) is 11.7. The zero-order valence-electron chi connectivity index (χ0n) is 14.0. The van der Waals surface area contributed by atoms with Crippen molar-refractivity contribution in [2.24, 2.45) is 5.92 Å². The molecular weight excluding hydrogens is 353 g/mol. The van der Waals surface area contributed by atoms with E-state index in [0.717, 1.165) is 36.9 Å². The fourth-order valence-corrected chi connectivity index (χ4v) is 4.20. The minimum absolute atomic E-state index is 0.0132. The van der Waals surface area contributed by atoms with Gasteiger partial charge in [0.1, 0.15) is 5.70 Å². The van der Waals surface area contributed by atoms with E-state index in [1.54, 1.807) is 5.01 Å². The summed E-state index contributed by atoms with van der Waals surface area (Å²) in [6.07, 6.45) is 1.99. The number of hydrazine groups is 1. The molecule has 0 unspecified atom stereocenters. The molecule has 25 heavy (non-hydrogen) atoms. The highest BCUT2D eigenvalue weighted by Gasteiger charge is 2.43. The van der Waals surface area contributed by atoms with E-state index in [1.807, 2.05) is 0 Å². The number of anilines is 1. The fourth-order valence-electron chi connectivity index (χ4n) is 3.54. The molecule has 1 heterocycles. The molecule has 0 saturated heterocycles. The van der Waals surface area contributed by atoms with E-state index >= 15 is 0 Å². The predicted molar refractivity (Wildman–Crippen MR) is 89.7 cm³/mol. The van der Waals surface area contributed by atoms with Crippen LogP contribution in [0.25, 0.3) is 0 Å². The number of hydrogen-bond acceptors (Lipinski definition) is 4. The summed E-state index contributed by atoms with van der Waals surface area (Å²) in [5.41, 5.74) is -0.529. The first-order valence-electron chi connectivity index (χ1n) is 8.29. The maximum absolute atomic E-state index is 13.5. The van der Waals surface area contributed by atoms with Crippen molar-refractivity contribution in [1.29, 1.82) is 0 Å². The molecule has 0 spiro atoms. The standard InChI is InChI=1S/C17H21F3N2O2S/c1-25(23,24)15-8-4-7-14(11-15)22-16(17(18,19)20)9-10-21(22)12-13-5-2-3-6-13/h4,7-9,11,13H,2-3,5-6,10,12H2,1H3. The van der Waals surface area contributed by atoms with Crippen LogP contribution in [0.4, 0.5) is 18.9 Å². The van der Waals surface area contributed by atoms with Crippen LogP contribution in [0.2, 0.25) is 0 Å². The highest BCUT2D eigenvalue weighted by molar-refractivity contribution is 7.90. The second kappa shape index (κ2) is 6.64. The number of nitrogens with zero attached hydrogens (tertiary/aromatic N) is 2. The molecule has 0 radical (unpaired) electrons. The second-order valence-corrected chi connectivity index (χ2v) is 8.71. The Balaban J connectivity index is 1.95. The van der Waals surface area contributed by atoms with Gasteiger partial charge in [0, 0.05) is 19.3 Å². The van der Waals surface area contributed by atoms with Gasteiger partial charge in [0.05, 0.1) is 10.6 Å². The first kappa shape index (κ1) is 18.3. The molecule has 1 aromatic carbocycles. The first-order valence-corrected chi connectivity index (χ1v) is 10.2. The van der Waals surface area contributed by atoms with Gasteiger partial charge < -0.3 is 0 Å². The van der Waals surface area contributed by atoms with Gasteiger partial charge in [-0.25, -0.2) is 13.4 Å². The smallest absolute Gasteiger partial charge is 0.269 e. The van der Waals surface area contributed by atoms with Crippen LogP contribution in [0.3, 0.4) is 0 Å². The van der Waals surface area contributed by atoms with E-state index in [4.69, 9.17) is 0 Å². The molecule has 0 atom stereocenters. The van der Waals surface area contributed by atoms with Crippen LogP contribution in [0.15, 0.2) is 40.9 Å². The molecule has 1 aromatic rings. The SMILES string of the molecule is CS(=O)(=O)c1cccc(N2C(C(F)(F)F)=CCN2CC2CCCC2)c1. The lowest BCUT2D eigenvalue weighted by Gasteiger charge is -2.34. The molecule has 138 valence electrons. The summed E-state index contributed by atoms with van der Waals surface area (Å²) >= 11 is 0. The molecule has 1 saturated carbocycles. The van der Waals surface area contributed by atoms with Crippen molar-refractivity contribution in [3.05, 3.63) is 36.0 Å². The molecule has 0 aromatic heterocycles. The third-order valence-electron chi connectivity index (χ3n) is 4.73. The Kier molecular flexibility index (Phi) is 4.85. The average Bonchev–Trinajstić information content (AvgIpc) is 3.16. The molecule has 3 rings (SSSR count). The number of allylic oxidation sites excluding steroid dienone is 1. The average molecular weight is 374 g/mol. The predicted octanol–water partition coefficient (Wildman–Crippen LogP) is 3.76. The Morgan fingerprint density at radius 3 is 2.48 bits per heavy atom. The third kappa shape index (κ3) is 4.00. The number of alkyl halides is 3. The van der Waals surface area contributed by atoms with Crippen LogP contribution in [0, 0.1) is 5.92 Å². The van der Waals surface area contributed by atoms with Crippen molar-refractivity contribution in [3.8, 4) is 0 Å². The normalized spacial score (nSPS) is 20.3. The molecule has 0 N–H and O–H groups in total. The lowest BCUT2D eigenvalue weighted by molar-refractivity contribution is -0.0954. The maximum Gasteiger partial charge on any atom is 0.432 e. The van der Waals surface area contributed by atoms with Gasteiger partial charge in [-0.15, -0.1) is 0 Å². The largest absolute Gasteiger partial charge is 0.432 e. The minimum atomic E-state index is -4.49. The zero-order chi connectivity index (χ0) is 18.2. The number of halogens is 3. The van der Waals surface area contributed by atoms with Crippen molar-refractivity contribution < 1.29 is 21.6 Å². The Morgan fingerprint density at radius 1 is 1.20 bits per heavy atom. The van der Waals surface area contributed by atoms with Crippen molar-refractivity contribution >= 4 is 15.5 Å². The Hall–Kier alpha value is -1.54.